The summed E-state index contributed by atoms with van der Waals surface area (Å²) in [5, 5.41) is 18.8. The Hall–Kier alpha value is -3.89. The van der Waals surface area contributed by atoms with E-state index in [-0.39, 0.29) is 29.5 Å². The number of non-ortho nitro benzene ring substituents is 1. The van der Waals surface area contributed by atoms with Crippen LogP contribution in [-0.2, 0) is 6.73 Å². The van der Waals surface area contributed by atoms with Crippen LogP contribution in [0.3, 0.4) is 0 Å². The summed E-state index contributed by atoms with van der Waals surface area (Å²) in [5.41, 5.74) is 1.06. The number of nitro benzene ring substituents is 1. The van der Waals surface area contributed by atoms with Gasteiger partial charge in [0, 0.05) is 23.4 Å². The zero-order valence-electron chi connectivity index (χ0n) is 18.3. The van der Waals surface area contributed by atoms with Gasteiger partial charge in [-0.05, 0) is 64.8 Å². The molecule has 3 aromatic carbocycles. The minimum atomic E-state index is -0.556. The Morgan fingerprint density at radius 3 is 2.71 bits per heavy atom. The number of ether oxygens (including phenoxy) is 2. The molecule has 0 fully saturated rings. The molecule has 0 spiro atoms. The molecule has 4 aromatic rings. The zero-order chi connectivity index (χ0) is 24.9. The van der Waals surface area contributed by atoms with E-state index in [4.69, 9.17) is 21.1 Å². The van der Waals surface area contributed by atoms with Crippen molar-refractivity contribution in [1.82, 2.24) is 9.78 Å². The number of aromatic nitrogens is 2. The first kappa shape index (κ1) is 24.2. The first-order chi connectivity index (χ1) is 16.8. The van der Waals surface area contributed by atoms with E-state index in [2.05, 4.69) is 26.3 Å². The van der Waals surface area contributed by atoms with Gasteiger partial charge in [0.05, 0.1) is 21.1 Å². The molecule has 0 radical (unpaired) electrons. The third-order valence-corrected chi connectivity index (χ3v) is 5.56. The molecular weight excluding hydrogens is 540 g/mol. The molecule has 0 aliphatic rings. The van der Waals surface area contributed by atoms with E-state index in [1.807, 2.05) is 19.1 Å². The maximum atomic E-state index is 12.7. The Kier molecular flexibility index (Phi) is 7.33. The highest BCUT2D eigenvalue weighted by Gasteiger charge is 2.16. The Balaban J connectivity index is 1.46. The average Bonchev–Trinajstić information content (AvgIpc) is 3.27. The van der Waals surface area contributed by atoms with Gasteiger partial charge < -0.3 is 14.8 Å². The van der Waals surface area contributed by atoms with Crippen LogP contribution in [0.25, 0.3) is 0 Å². The van der Waals surface area contributed by atoms with Crippen LogP contribution in [0.4, 0.5) is 11.4 Å². The van der Waals surface area contributed by atoms with Gasteiger partial charge in [-0.25, -0.2) is 4.68 Å². The monoisotopic (exact) mass is 556 g/mol. The van der Waals surface area contributed by atoms with Crippen molar-refractivity contribution in [1.29, 1.82) is 0 Å². The Morgan fingerprint density at radius 1 is 1.14 bits per heavy atom. The number of carbonyl (C=O) groups excluding carboxylic acids is 1. The summed E-state index contributed by atoms with van der Waals surface area (Å²) in [7, 11) is 0. The summed E-state index contributed by atoms with van der Waals surface area (Å²) in [5.74, 6) is 0.758. The van der Waals surface area contributed by atoms with Crippen molar-refractivity contribution in [3.63, 3.8) is 0 Å². The quantitative estimate of drug-likeness (QED) is 0.193. The molecule has 0 saturated heterocycles. The van der Waals surface area contributed by atoms with Crippen LogP contribution >= 0.6 is 27.5 Å². The Bertz CT molecular complexity index is 1410. The molecular formula is C24H18BrClN4O5. The second-order valence-electron chi connectivity index (χ2n) is 7.43. The molecule has 4 rings (SSSR count). The maximum Gasteiger partial charge on any atom is 0.276 e. The lowest BCUT2D eigenvalue weighted by atomic mass is 10.2. The maximum absolute atomic E-state index is 12.7. The third-order valence-electron chi connectivity index (χ3n) is 4.70. The molecule has 178 valence electrons. The second kappa shape index (κ2) is 10.6. The van der Waals surface area contributed by atoms with Crippen molar-refractivity contribution >= 4 is 44.8 Å². The van der Waals surface area contributed by atoms with Crippen molar-refractivity contribution in [3.8, 4) is 17.2 Å². The number of nitrogens with zero attached hydrogens (tertiary/aromatic N) is 3. The number of nitro groups is 1. The summed E-state index contributed by atoms with van der Waals surface area (Å²) >= 11 is 9.30. The molecule has 1 N–H and O–H groups in total. The first-order valence-electron chi connectivity index (χ1n) is 10.2. The summed E-state index contributed by atoms with van der Waals surface area (Å²) in [6, 6.07) is 17.9. The molecule has 11 heteroatoms. The highest BCUT2D eigenvalue weighted by Crippen LogP contribution is 2.31. The summed E-state index contributed by atoms with van der Waals surface area (Å²) in [6.07, 6.45) is 1.58. The topological polar surface area (TPSA) is 109 Å². The minimum Gasteiger partial charge on any atom is -0.470 e. The highest BCUT2D eigenvalue weighted by molar-refractivity contribution is 9.10. The smallest absolute Gasteiger partial charge is 0.276 e. The molecule has 1 aromatic heterocycles. The minimum absolute atomic E-state index is 0.0544. The number of aryl methyl sites for hydroxylation is 1. The zero-order valence-corrected chi connectivity index (χ0v) is 20.6. The number of anilines is 1. The lowest BCUT2D eigenvalue weighted by Gasteiger charge is -2.10. The van der Waals surface area contributed by atoms with E-state index in [9.17, 15) is 14.9 Å². The van der Waals surface area contributed by atoms with Gasteiger partial charge in [0.15, 0.2) is 12.4 Å². The lowest BCUT2D eigenvalue weighted by molar-refractivity contribution is -0.384. The van der Waals surface area contributed by atoms with Gasteiger partial charge in [-0.2, -0.15) is 5.10 Å². The number of halogens is 2. The van der Waals surface area contributed by atoms with Crippen LogP contribution in [0.1, 0.15) is 16.1 Å². The van der Waals surface area contributed by atoms with Crippen LogP contribution in [0.5, 0.6) is 17.2 Å². The van der Waals surface area contributed by atoms with E-state index in [0.29, 0.717) is 21.0 Å². The van der Waals surface area contributed by atoms with Crippen LogP contribution in [0.15, 0.2) is 77.4 Å². The largest absolute Gasteiger partial charge is 0.470 e. The first-order valence-corrected chi connectivity index (χ1v) is 11.4. The predicted molar refractivity (Wildman–Crippen MR) is 134 cm³/mol. The van der Waals surface area contributed by atoms with Crippen LogP contribution < -0.4 is 14.8 Å². The van der Waals surface area contributed by atoms with Crippen molar-refractivity contribution < 1.29 is 19.2 Å². The number of hydrogen-bond acceptors (Lipinski definition) is 6. The Labute approximate surface area is 213 Å². The van der Waals surface area contributed by atoms with Gasteiger partial charge >= 0.3 is 0 Å². The number of rotatable bonds is 8. The van der Waals surface area contributed by atoms with Crippen LogP contribution in [0, 0.1) is 17.0 Å². The van der Waals surface area contributed by atoms with Crippen LogP contribution in [-0.4, -0.2) is 20.6 Å². The second-order valence-corrected chi connectivity index (χ2v) is 8.72. The summed E-state index contributed by atoms with van der Waals surface area (Å²) in [6.45, 7) is 1.96. The van der Waals surface area contributed by atoms with E-state index in [1.54, 1.807) is 36.5 Å². The van der Waals surface area contributed by atoms with Gasteiger partial charge in [-0.15, -0.1) is 0 Å². The van der Waals surface area contributed by atoms with Gasteiger partial charge in [-0.1, -0.05) is 23.7 Å². The number of benzene rings is 3. The molecule has 0 atom stereocenters. The number of carbonyl (C=O) groups is 1. The molecule has 0 saturated carbocycles. The van der Waals surface area contributed by atoms with E-state index >= 15 is 0 Å². The number of nitrogens with one attached hydrogen (secondary N) is 1. The molecule has 0 aliphatic heterocycles. The molecule has 1 amide bonds. The fourth-order valence-corrected chi connectivity index (χ4v) is 3.91. The predicted octanol–water partition coefficient (Wildman–Crippen LogP) is 6.60. The molecule has 35 heavy (non-hydrogen) atoms. The molecule has 9 nitrogen and oxygen atoms in total. The van der Waals surface area contributed by atoms with E-state index in [0.717, 1.165) is 5.56 Å². The molecule has 0 bridgehead atoms. The van der Waals surface area contributed by atoms with Crippen molar-refractivity contribution in [3.05, 3.63) is 104 Å². The highest BCUT2D eigenvalue weighted by atomic mass is 79.9. The van der Waals surface area contributed by atoms with E-state index < -0.39 is 10.8 Å². The van der Waals surface area contributed by atoms with Gasteiger partial charge in [-0.3, -0.25) is 14.9 Å². The SMILES string of the molecule is Cc1cccc(Oc2cc(NC(=O)c3ccn(COc4ccc(Cl)cc4Br)n3)cc([N+](=O)[O-])c2)c1. The Morgan fingerprint density at radius 2 is 1.97 bits per heavy atom. The molecule has 1 heterocycles. The van der Waals surface area contributed by atoms with Crippen molar-refractivity contribution in [2.45, 2.75) is 13.7 Å². The van der Waals surface area contributed by atoms with E-state index in [1.165, 1.54) is 28.9 Å². The van der Waals surface area contributed by atoms with Crippen molar-refractivity contribution in [2.75, 3.05) is 5.32 Å². The summed E-state index contributed by atoms with van der Waals surface area (Å²) < 4.78 is 13.6. The van der Waals surface area contributed by atoms with Gasteiger partial charge in [0.25, 0.3) is 11.6 Å². The normalized spacial score (nSPS) is 10.6. The van der Waals surface area contributed by atoms with Crippen LogP contribution in [0.2, 0.25) is 5.02 Å². The molecule has 0 unspecified atom stereocenters. The molecule has 0 aliphatic carbocycles. The van der Waals surface area contributed by atoms with Gasteiger partial charge in [0.1, 0.15) is 17.2 Å². The van der Waals surface area contributed by atoms with Gasteiger partial charge in [0.2, 0.25) is 0 Å². The number of hydrogen-bond donors (Lipinski definition) is 1. The number of amides is 1. The van der Waals surface area contributed by atoms with Crippen molar-refractivity contribution in [2.24, 2.45) is 0 Å². The third kappa shape index (κ3) is 6.37. The average molecular weight is 558 g/mol. The fourth-order valence-electron chi connectivity index (χ4n) is 3.11. The standard InChI is InChI=1S/C24H18BrClN4O5/c1-15-3-2-4-19(9-15)35-20-12-17(11-18(13-20)30(32)33)27-24(31)22-7-8-29(28-22)14-34-23-6-5-16(26)10-21(23)25/h2-13H,14H2,1H3,(H,27,31). The lowest BCUT2D eigenvalue weighted by Crippen LogP contribution is -2.14. The summed E-state index contributed by atoms with van der Waals surface area (Å²) in [4.78, 5) is 23.6. The fraction of sp³-hybridized carbons (Fsp3) is 0.0833.